The Hall–Kier alpha value is -2.39. The zero-order chi connectivity index (χ0) is 14.8. The molecule has 0 bridgehead atoms. The number of para-hydroxylation sites is 1. The van der Waals surface area contributed by atoms with Crippen LogP contribution in [0.2, 0.25) is 0 Å². The van der Waals surface area contributed by atoms with Crippen LogP contribution in [0.15, 0.2) is 54.6 Å². The Morgan fingerprint density at radius 2 is 1.71 bits per heavy atom. The number of aromatic nitrogens is 1. The predicted octanol–water partition coefficient (Wildman–Crippen LogP) is 3.17. The van der Waals surface area contributed by atoms with Gasteiger partial charge in [0.1, 0.15) is 0 Å². The maximum atomic E-state index is 12.8. The van der Waals surface area contributed by atoms with Crippen LogP contribution in [-0.2, 0) is 6.42 Å². The van der Waals surface area contributed by atoms with Crippen molar-refractivity contribution in [3.63, 3.8) is 0 Å². The van der Waals surface area contributed by atoms with Gasteiger partial charge in [0.25, 0.3) is 5.91 Å². The van der Waals surface area contributed by atoms with E-state index in [2.05, 4.69) is 0 Å². The van der Waals surface area contributed by atoms with Crippen LogP contribution in [0, 0.1) is 6.92 Å². The third-order valence-electron chi connectivity index (χ3n) is 3.83. The summed E-state index contributed by atoms with van der Waals surface area (Å²) in [7, 11) is 0. The molecule has 21 heavy (non-hydrogen) atoms. The number of carbonyl (C=O) groups excluding carboxylic acids is 1. The monoisotopic (exact) mass is 279 g/mol. The molecule has 0 aliphatic heterocycles. The number of aliphatic hydroxyl groups excluding tert-OH is 1. The lowest BCUT2D eigenvalue weighted by Gasteiger charge is -2.07. The summed E-state index contributed by atoms with van der Waals surface area (Å²) in [6.07, 6.45) is 0.557. The van der Waals surface area contributed by atoms with Crippen LogP contribution in [0.5, 0.6) is 0 Å². The number of hydrogen-bond acceptors (Lipinski definition) is 2. The molecule has 3 rings (SSSR count). The molecule has 106 valence electrons. The average Bonchev–Trinajstić information content (AvgIpc) is 2.81. The summed E-state index contributed by atoms with van der Waals surface area (Å²) in [6, 6.07) is 17.1. The molecule has 1 N–H and O–H groups in total. The van der Waals surface area contributed by atoms with Crippen molar-refractivity contribution in [1.82, 2.24) is 4.57 Å². The lowest BCUT2D eigenvalue weighted by molar-refractivity contribution is 0.0963. The van der Waals surface area contributed by atoms with Gasteiger partial charge in [-0.2, -0.15) is 0 Å². The van der Waals surface area contributed by atoms with Gasteiger partial charge < -0.3 is 5.11 Å². The lowest BCUT2D eigenvalue weighted by Crippen LogP contribution is -2.13. The van der Waals surface area contributed by atoms with Crippen LogP contribution in [0.3, 0.4) is 0 Å². The van der Waals surface area contributed by atoms with E-state index in [1.165, 1.54) is 0 Å². The number of nitrogens with zero attached hydrogens (tertiary/aromatic N) is 1. The first-order valence-electron chi connectivity index (χ1n) is 7.03. The minimum Gasteiger partial charge on any atom is -0.396 e. The second-order valence-corrected chi connectivity index (χ2v) is 5.06. The first kappa shape index (κ1) is 13.6. The largest absolute Gasteiger partial charge is 0.396 e. The molecule has 1 heterocycles. The van der Waals surface area contributed by atoms with E-state index in [-0.39, 0.29) is 12.5 Å². The molecule has 0 atom stereocenters. The Morgan fingerprint density at radius 1 is 1.05 bits per heavy atom. The normalized spacial score (nSPS) is 11.0. The number of benzene rings is 2. The third-order valence-corrected chi connectivity index (χ3v) is 3.83. The van der Waals surface area contributed by atoms with Crippen molar-refractivity contribution in [3.05, 3.63) is 71.4 Å². The molecule has 0 saturated heterocycles. The molecule has 3 heteroatoms. The van der Waals surface area contributed by atoms with E-state index in [0.29, 0.717) is 12.0 Å². The van der Waals surface area contributed by atoms with Gasteiger partial charge in [0.05, 0.1) is 5.52 Å². The van der Waals surface area contributed by atoms with Crippen LogP contribution in [0.1, 0.15) is 21.6 Å². The Morgan fingerprint density at radius 3 is 2.43 bits per heavy atom. The molecule has 0 saturated carbocycles. The van der Waals surface area contributed by atoms with Crippen molar-refractivity contribution in [1.29, 1.82) is 0 Å². The summed E-state index contributed by atoms with van der Waals surface area (Å²) in [4.78, 5) is 12.8. The van der Waals surface area contributed by atoms with Gasteiger partial charge in [-0.15, -0.1) is 0 Å². The number of aliphatic hydroxyl groups is 1. The van der Waals surface area contributed by atoms with Gasteiger partial charge in [0.2, 0.25) is 0 Å². The van der Waals surface area contributed by atoms with Crippen molar-refractivity contribution >= 4 is 16.8 Å². The summed E-state index contributed by atoms with van der Waals surface area (Å²) >= 11 is 0. The topological polar surface area (TPSA) is 42.2 Å². The van der Waals surface area contributed by atoms with Crippen molar-refractivity contribution in [2.24, 2.45) is 0 Å². The molecule has 0 aliphatic rings. The minimum atomic E-state index is -0.0338. The molecule has 1 aromatic heterocycles. The smallest absolute Gasteiger partial charge is 0.262 e. The Balaban J connectivity index is 2.23. The zero-order valence-corrected chi connectivity index (χ0v) is 11.9. The molecule has 3 nitrogen and oxygen atoms in total. The highest BCUT2D eigenvalue weighted by atomic mass is 16.3. The van der Waals surface area contributed by atoms with E-state index in [9.17, 15) is 9.90 Å². The maximum absolute atomic E-state index is 12.8. The van der Waals surface area contributed by atoms with E-state index >= 15 is 0 Å². The Bertz CT molecular complexity index is 788. The highest BCUT2D eigenvalue weighted by Crippen LogP contribution is 2.27. The van der Waals surface area contributed by atoms with Gasteiger partial charge in [-0.05, 0) is 37.1 Å². The lowest BCUT2D eigenvalue weighted by atomic mass is 10.1. The minimum absolute atomic E-state index is 0.0338. The van der Waals surface area contributed by atoms with Crippen LogP contribution in [0.25, 0.3) is 10.9 Å². The van der Waals surface area contributed by atoms with Gasteiger partial charge in [0, 0.05) is 23.3 Å². The van der Waals surface area contributed by atoms with Crippen molar-refractivity contribution in [2.75, 3.05) is 6.61 Å². The average molecular weight is 279 g/mol. The number of fused-ring (bicyclic) bond motifs is 1. The molecule has 0 amide bonds. The van der Waals surface area contributed by atoms with E-state index in [4.69, 9.17) is 0 Å². The van der Waals surface area contributed by atoms with Crippen LogP contribution < -0.4 is 0 Å². The van der Waals surface area contributed by atoms with Crippen molar-refractivity contribution < 1.29 is 9.90 Å². The molecule has 3 aromatic rings. The molecule has 0 aliphatic carbocycles. The van der Waals surface area contributed by atoms with Crippen LogP contribution >= 0.6 is 0 Å². The molecular weight excluding hydrogens is 262 g/mol. The number of rotatable bonds is 3. The molecule has 0 radical (unpaired) electrons. The van der Waals surface area contributed by atoms with Crippen LogP contribution in [0.4, 0.5) is 0 Å². The SMILES string of the molecule is Cc1c(CCO)c2ccccc2n1C(=O)c1ccccc1. The second kappa shape index (κ2) is 5.54. The Labute approximate surface area is 123 Å². The predicted molar refractivity (Wildman–Crippen MR) is 83.6 cm³/mol. The molecule has 0 spiro atoms. The zero-order valence-electron chi connectivity index (χ0n) is 11.9. The van der Waals surface area contributed by atoms with Gasteiger partial charge >= 0.3 is 0 Å². The quantitative estimate of drug-likeness (QED) is 0.800. The second-order valence-electron chi connectivity index (χ2n) is 5.06. The summed E-state index contributed by atoms with van der Waals surface area (Å²) in [6.45, 7) is 2.01. The molecular formula is C18H17NO2. The first-order chi connectivity index (χ1) is 10.2. The van der Waals surface area contributed by atoms with E-state index < -0.39 is 0 Å². The summed E-state index contributed by atoms with van der Waals surface area (Å²) in [5, 5.41) is 10.3. The fraction of sp³-hybridized carbons (Fsp3) is 0.167. The molecule has 0 unspecified atom stereocenters. The summed E-state index contributed by atoms with van der Waals surface area (Å²) in [5.41, 5.74) is 3.50. The first-order valence-corrected chi connectivity index (χ1v) is 7.03. The summed E-state index contributed by atoms with van der Waals surface area (Å²) in [5.74, 6) is -0.0338. The van der Waals surface area contributed by atoms with E-state index in [1.807, 2.05) is 61.5 Å². The highest BCUT2D eigenvalue weighted by molar-refractivity contribution is 6.04. The molecule has 0 fully saturated rings. The summed E-state index contributed by atoms with van der Waals surface area (Å²) < 4.78 is 1.75. The highest BCUT2D eigenvalue weighted by Gasteiger charge is 2.18. The van der Waals surface area contributed by atoms with Gasteiger partial charge in [-0.3, -0.25) is 9.36 Å². The fourth-order valence-electron chi connectivity index (χ4n) is 2.83. The number of hydrogen-bond donors (Lipinski definition) is 1. The van der Waals surface area contributed by atoms with Gasteiger partial charge in [-0.1, -0.05) is 36.4 Å². The van der Waals surface area contributed by atoms with E-state index in [0.717, 1.165) is 22.2 Å². The maximum Gasteiger partial charge on any atom is 0.262 e. The van der Waals surface area contributed by atoms with Crippen molar-refractivity contribution in [2.45, 2.75) is 13.3 Å². The van der Waals surface area contributed by atoms with E-state index in [1.54, 1.807) is 4.57 Å². The van der Waals surface area contributed by atoms with Gasteiger partial charge in [-0.25, -0.2) is 0 Å². The van der Waals surface area contributed by atoms with Crippen molar-refractivity contribution in [3.8, 4) is 0 Å². The van der Waals surface area contributed by atoms with Gasteiger partial charge in [0.15, 0.2) is 0 Å². The standard InChI is InChI=1S/C18H17NO2/c1-13-15(11-12-20)16-9-5-6-10-17(16)19(13)18(21)14-7-3-2-4-8-14/h2-10,20H,11-12H2,1H3. The third kappa shape index (κ3) is 2.26. The fourth-order valence-corrected chi connectivity index (χ4v) is 2.83. The van der Waals surface area contributed by atoms with Crippen LogP contribution in [-0.4, -0.2) is 22.2 Å². The molecule has 2 aromatic carbocycles. The Kier molecular flexibility index (Phi) is 3.59. The number of carbonyl (C=O) groups is 1.